The molecule has 0 bridgehead atoms. The van der Waals surface area contributed by atoms with Gasteiger partial charge in [0.25, 0.3) is 0 Å². The number of anilines is 1. The van der Waals surface area contributed by atoms with Gasteiger partial charge in [0.2, 0.25) is 5.89 Å². The first-order valence-electron chi connectivity index (χ1n) is 4.71. The highest BCUT2D eigenvalue weighted by atomic mass is 79.9. The van der Waals surface area contributed by atoms with Crippen molar-refractivity contribution in [2.24, 2.45) is 5.73 Å². The van der Waals surface area contributed by atoms with Crippen LogP contribution in [-0.4, -0.2) is 10.2 Å². The molecule has 1 atom stereocenters. The molecule has 0 radical (unpaired) electrons. The third-order valence-corrected chi connectivity index (χ3v) is 3.85. The van der Waals surface area contributed by atoms with Crippen molar-refractivity contribution >= 4 is 33.3 Å². The summed E-state index contributed by atoms with van der Waals surface area (Å²) in [6.07, 6.45) is 0. The molecule has 5 nitrogen and oxygen atoms in total. The summed E-state index contributed by atoms with van der Waals surface area (Å²) in [6.45, 7) is 2.45. The van der Waals surface area contributed by atoms with E-state index in [-0.39, 0.29) is 6.04 Å². The molecule has 2 aromatic heterocycles. The van der Waals surface area contributed by atoms with E-state index in [0.717, 1.165) is 4.47 Å². The number of rotatable bonds is 4. The van der Waals surface area contributed by atoms with Crippen LogP contribution >= 0.6 is 27.3 Å². The number of nitrogens with zero attached hydrogens (tertiary/aromatic N) is 2. The fourth-order valence-corrected chi connectivity index (χ4v) is 2.53. The Bertz CT molecular complexity index is 468. The van der Waals surface area contributed by atoms with Crippen molar-refractivity contribution in [2.75, 3.05) is 5.32 Å². The Morgan fingerprint density at radius 3 is 3.00 bits per heavy atom. The number of hydrogen-bond donors (Lipinski definition) is 2. The van der Waals surface area contributed by atoms with Crippen LogP contribution in [0.3, 0.4) is 0 Å². The fraction of sp³-hybridized carbons (Fsp3) is 0.333. The minimum Gasteiger partial charge on any atom is -0.406 e. The Morgan fingerprint density at radius 2 is 2.44 bits per heavy atom. The summed E-state index contributed by atoms with van der Waals surface area (Å²) < 4.78 is 6.39. The maximum absolute atomic E-state index is 5.61. The number of thiophene rings is 1. The van der Waals surface area contributed by atoms with Crippen LogP contribution in [0.15, 0.2) is 20.3 Å². The number of nitrogens with one attached hydrogen (secondary N) is 1. The molecule has 7 heteroatoms. The lowest BCUT2D eigenvalue weighted by molar-refractivity contribution is 0.473. The standard InChI is InChI=1S/C9H11BrN4OS/c1-5(11)8-13-14-9(15-8)12-4-7-6(10)2-3-16-7/h2-3,5H,4,11H2,1H3,(H,12,14). The van der Waals surface area contributed by atoms with Crippen LogP contribution in [0, 0.1) is 0 Å². The van der Waals surface area contributed by atoms with Gasteiger partial charge >= 0.3 is 6.01 Å². The molecule has 0 aliphatic carbocycles. The van der Waals surface area contributed by atoms with Crippen molar-refractivity contribution in [3.8, 4) is 0 Å². The third-order valence-electron chi connectivity index (χ3n) is 1.92. The van der Waals surface area contributed by atoms with E-state index in [2.05, 4.69) is 31.4 Å². The quantitative estimate of drug-likeness (QED) is 0.907. The summed E-state index contributed by atoms with van der Waals surface area (Å²) in [7, 11) is 0. The molecule has 16 heavy (non-hydrogen) atoms. The van der Waals surface area contributed by atoms with Crippen LogP contribution in [0.4, 0.5) is 6.01 Å². The molecule has 0 spiro atoms. The Labute approximate surface area is 105 Å². The van der Waals surface area contributed by atoms with Gasteiger partial charge in [0.15, 0.2) is 0 Å². The van der Waals surface area contributed by atoms with E-state index in [1.54, 1.807) is 18.3 Å². The first kappa shape index (κ1) is 11.6. The smallest absolute Gasteiger partial charge is 0.315 e. The van der Waals surface area contributed by atoms with Crippen molar-refractivity contribution in [2.45, 2.75) is 19.5 Å². The van der Waals surface area contributed by atoms with E-state index in [1.165, 1.54) is 4.88 Å². The molecule has 0 amide bonds. The molecule has 3 N–H and O–H groups in total. The highest BCUT2D eigenvalue weighted by Gasteiger charge is 2.10. The van der Waals surface area contributed by atoms with Gasteiger partial charge in [-0.15, -0.1) is 16.4 Å². The first-order chi connectivity index (χ1) is 7.66. The van der Waals surface area contributed by atoms with Crippen LogP contribution in [0.2, 0.25) is 0 Å². The molecule has 0 aliphatic rings. The van der Waals surface area contributed by atoms with Crippen LogP contribution in [0.5, 0.6) is 0 Å². The number of nitrogens with two attached hydrogens (primary N) is 1. The summed E-state index contributed by atoms with van der Waals surface area (Å²) in [4.78, 5) is 1.18. The van der Waals surface area contributed by atoms with E-state index in [1.807, 2.05) is 11.4 Å². The number of aromatic nitrogens is 2. The van der Waals surface area contributed by atoms with Crippen LogP contribution in [0.25, 0.3) is 0 Å². The summed E-state index contributed by atoms with van der Waals surface area (Å²) in [6, 6.07) is 2.16. The van der Waals surface area contributed by atoms with E-state index in [9.17, 15) is 0 Å². The molecule has 1 unspecified atom stereocenters. The molecule has 2 aromatic rings. The molecule has 86 valence electrons. The predicted molar refractivity (Wildman–Crippen MR) is 66.2 cm³/mol. The lowest BCUT2D eigenvalue weighted by Crippen LogP contribution is -2.04. The van der Waals surface area contributed by atoms with Gasteiger partial charge in [0.05, 0.1) is 12.6 Å². The molecular weight excluding hydrogens is 292 g/mol. The predicted octanol–water partition coefficient (Wildman–Crippen LogP) is 2.53. The van der Waals surface area contributed by atoms with Crippen LogP contribution < -0.4 is 11.1 Å². The first-order valence-corrected chi connectivity index (χ1v) is 6.39. The molecular formula is C9H11BrN4OS. The Hall–Kier alpha value is -0.920. The molecule has 0 saturated heterocycles. The van der Waals surface area contributed by atoms with Crippen molar-refractivity contribution in [3.05, 3.63) is 26.7 Å². The number of halogens is 1. The van der Waals surface area contributed by atoms with E-state index in [4.69, 9.17) is 10.2 Å². The van der Waals surface area contributed by atoms with Crippen molar-refractivity contribution < 1.29 is 4.42 Å². The van der Waals surface area contributed by atoms with Gasteiger partial charge in [0, 0.05) is 9.35 Å². The summed E-state index contributed by atoms with van der Waals surface area (Å²) >= 11 is 5.11. The average Bonchev–Trinajstić information content (AvgIpc) is 2.83. The zero-order valence-electron chi connectivity index (χ0n) is 8.61. The molecule has 0 aromatic carbocycles. The van der Waals surface area contributed by atoms with Crippen LogP contribution in [-0.2, 0) is 6.54 Å². The molecule has 0 fully saturated rings. The average molecular weight is 303 g/mol. The Kier molecular flexibility index (Phi) is 3.57. The van der Waals surface area contributed by atoms with Crippen molar-refractivity contribution in [1.82, 2.24) is 10.2 Å². The van der Waals surface area contributed by atoms with Crippen LogP contribution in [0.1, 0.15) is 23.7 Å². The minimum absolute atomic E-state index is 0.239. The van der Waals surface area contributed by atoms with Gasteiger partial charge < -0.3 is 15.5 Å². The zero-order chi connectivity index (χ0) is 11.5. The molecule has 0 saturated carbocycles. The second-order valence-electron chi connectivity index (χ2n) is 3.28. The van der Waals surface area contributed by atoms with Gasteiger partial charge in [-0.25, -0.2) is 0 Å². The lowest BCUT2D eigenvalue weighted by atomic mass is 10.4. The second-order valence-corrected chi connectivity index (χ2v) is 5.13. The summed E-state index contributed by atoms with van der Waals surface area (Å²) in [5.74, 6) is 0.438. The normalized spacial score (nSPS) is 12.7. The van der Waals surface area contributed by atoms with E-state index in [0.29, 0.717) is 18.5 Å². The van der Waals surface area contributed by atoms with Gasteiger partial charge in [-0.05, 0) is 34.3 Å². The highest BCUT2D eigenvalue weighted by Crippen LogP contribution is 2.23. The maximum Gasteiger partial charge on any atom is 0.315 e. The molecule has 2 heterocycles. The van der Waals surface area contributed by atoms with Gasteiger partial charge in [-0.1, -0.05) is 5.10 Å². The van der Waals surface area contributed by atoms with Crippen molar-refractivity contribution in [1.29, 1.82) is 0 Å². The monoisotopic (exact) mass is 302 g/mol. The zero-order valence-corrected chi connectivity index (χ0v) is 11.0. The number of hydrogen-bond acceptors (Lipinski definition) is 6. The lowest BCUT2D eigenvalue weighted by Gasteiger charge is -1.99. The SMILES string of the molecule is CC(N)c1nnc(NCc2sccc2Br)o1. The minimum atomic E-state index is -0.239. The van der Waals surface area contributed by atoms with E-state index < -0.39 is 0 Å². The second kappa shape index (κ2) is 4.94. The van der Waals surface area contributed by atoms with Crippen molar-refractivity contribution in [3.63, 3.8) is 0 Å². The maximum atomic E-state index is 5.61. The topological polar surface area (TPSA) is 77.0 Å². The van der Waals surface area contributed by atoms with Gasteiger partial charge in [0.1, 0.15) is 0 Å². The fourth-order valence-electron chi connectivity index (χ4n) is 1.10. The highest BCUT2D eigenvalue weighted by molar-refractivity contribution is 9.10. The third kappa shape index (κ3) is 2.60. The Morgan fingerprint density at radius 1 is 1.62 bits per heavy atom. The summed E-state index contributed by atoms with van der Waals surface area (Å²) in [5.41, 5.74) is 5.61. The van der Waals surface area contributed by atoms with Gasteiger partial charge in [-0.2, -0.15) is 0 Å². The largest absolute Gasteiger partial charge is 0.406 e. The Balaban J connectivity index is 1.97. The molecule has 0 aliphatic heterocycles. The van der Waals surface area contributed by atoms with Gasteiger partial charge in [-0.3, -0.25) is 0 Å². The summed E-state index contributed by atoms with van der Waals surface area (Å²) in [5, 5.41) is 12.7. The molecule has 2 rings (SSSR count). The van der Waals surface area contributed by atoms with E-state index >= 15 is 0 Å².